The molecule has 2 nitrogen and oxygen atoms in total. The third-order valence-corrected chi connectivity index (χ3v) is 3.92. The summed E-state index contributed by atoms with van der Waals surface area (Å²) in [7, 11) is 0. The van der Waals surface area contributed by atoms with Gasteiger partial charge in [-0.05, 0) is 30.5 Å². The molecule has 1 heterocycles. The summed E-state index contributed by atoms with van der Waals surface area (Å²) in [5, 5.41) is 4.30. The molecule has 16 heavy (non-hydrogen) atoms. The number of hydrogen-bond acceptors (Lipinski definition) is 4. The van der Waals surface area contributed by atoms with E-state index in [4.69, 9.17) is 11.6 Å². The van der Waals surface area contributed by atoms with Gasteiger partial charge in [0.15, 0.2) is 0 Å². The summed E-state index contributed by atoms with van der Waals surface area (Å²) in [5.74, 6) is 0. The Hall–Kier alpha value is -0.710. The van der Waals surface area contributed by atoms with Gasteiger partial charge in [-0.1, -0.05) is 11.6 Å². The van der Waals surface area contributed by atoms with E-state index in [2.05, 4.69) is 40.8 Å². The van der Waals surface area contributed by atoms with Crippen molar-refractivity contribution in [3.8, 4) is 0 Å². The first-order chi connectivity index (χ1) is 7.78. The summed E-state index contributed by atoms with van der Waals surface area (Å²) >= 11 is 9.05. The Morgan fingerprint density at radius 3 is 2.69 bits per heavy atom. The Bertz CT molecular complexity index is 453. The molecule has 5 heteroatoms. The van der Waals surface area contributed by atoms with E-state index < -0.39 is 0 Å². The first kappa shape index (κ1) is 11.8. The molecular weight excluding hydrogens is 260 g/mol. The van der Waals surface area contributed by atoms with E-state index in [1.165, 1.54) is 16.2 Å². The van der Waals surface area contributed by atoms with E-state index in [1.807, 2.05) is 0 Å². The summed E-state index contributed by atoms with van der Waals surface area (Å²) in [5.41, 5.74) is 1.10. The number of nitrogens with one attached hydrogen (secondary N) is 1. The summed E-state index contributed by atoms with van der Waals surface area (Å²) in [4.78, 5) is 5.45. The van der Waals surface area contributed by atoms with Gasteiger partial charge in [0.1, 0.15) is 9.34 Å². The molecule has 0 amide bonds. The molecule has 0 radical (unpaired) electrons. The number of thioether (sulfide) groups is 1. The average Bonchev–Trinajstić information content (AvgIpc) is 2.73. The van der Waals surface area contributed by atoms with Crippen LogP contribution in [0.3, 0.4) is 0 Å². The number of hydrogen-bond donors (Lipinski definition) is 1. The number of aromatic nitrogens is 1. The van der Waals surface area contributed by atoms with Crippen molar-refractivity contribution in [3.05, 3.63) is 39.8 Å². The second-order valence-electron chi connectivity index (χ2n) is 3.14. The van der Waals surface area contributed by atoms with Gasteiger partial charge in [0.25, 0.3) is 0 Å². The number of anilines is 1. The lowest BCUT2D eigenvalue weighted by atomic mass is 10.3. The van der Waals surface area contributed by atoms with Crippen molar-refractivity contribution in [2.45, 2.75) is 11.4 Å². The fraction of sp³-hybridized carbons (Fsp3) is 0.182. The number of thiazole rings is 1. The van der Waals surface area contributed by atoms with Crippen LogP contribution >= 0.6 is 34.7 Å². The van der Waals surface area contributed by atoms with Gasteiger partial charge < -0.3 is 5.32 Å². The van der Waals surface area contributed by atoms with Crippen molar-refractivity contribution in [1.29, 1.82) is 0 Å². The lowest BCUT2D eigenvalue weighted by molar-refractivity contribution is 1.10. The summed E-state index contributed by atoms with van der Waals surface area (Å²) in [6.45, 7) is 0.718. The summed E-state index contributed by atoms with van der Waals surface area (Å²) in [6.07, 6.45) is 3.75. The maximum Gasteiger partial charge on any atom is 0.113 e. The molecule has 0 fully saturated rings. The Morgan fingerprint density at radius 2 is 2.12 bits per heavy atom. The molecule has 0 atom stereocenters. The summed E-state index contributed by atoms with van der Waals surface area (Å²) < 4.78 is 0.731. The maximum absolute atomic E-state index is 5.81. The minimum Gasteiger partial charge on any atom is -0.379 e. The minimum absolute atomic E-state index is 0.718. The number of halogens is 1. The molecule has 1 N–H and O–H groups in total. The average molecular weight is 271 g/mol. The Labute approximate surface area is 108 Å². The lowest BCUT2D eigenvalue weighted by Crippen LogP contribution is -1.98. The zero-order valence-corrected chi connectivity index (χ0v) is 11.1. The van der Waals surface area contributed by atoms with E-state index >= 15 is 0 Å². The van der Waals surface area contributed by atoms with E-state index in [-0.39, 0.29) is 0 Å². The first-order valence-electron chi connectivity index (χ1n) is 4.76. The van der Waals surface area contributed by atoms with Crippen LogP contribution < -0.4 is 5.32 Å². The third-order valence-electron chi connectivity index (χ3n) is 2.06. The topological polar surface area (TPSA) is 24.9 Å². The van der Waals surface area contributed by atoms with Gasteiger partial charge in [-0.3, -0.25) is 0 Å². The fourth-order valence-corrected chi connectivity index (χ4v) is 2.56. The molecule has 1 aromatic carbocycles. The van der Waals surface area contributed by atoms with Crippen LogP contribution in [0.25, 0.3) is 0 Å². The zero-order chi connectivity index (χ0) is 11.4. The Morgan fingerprint density at radius 1 is 1.38 bits per heavy atom. The smallest absolute Gasteiger partial charge is 0.113 e. The van der Waals surface area contributed by atoms with Crippen LogP contribution in [0.5, 0.6) is 0 Å². The molecule has 0 spiro atoms. The van der Waals surface area contributed by atoms with E-state index in [1.54, 1.807) is 18.0 Å². The van der Waals surface area contributed by atoms with Gasteiger partial charge in [0, 0.05) is 10.6 Å². The van der Waals surface area contributed by atoms with Crippen molar-refractivity contribution in [2.75, 3.05) is 11.6 Å². The first-order valence-corrected chi connectivity index (χ1v) is 7.18. The zero-order valence-electron chi connectivity index (χ0n) is 8.74. The quantitative estimate of drug-likeness (QED) is 0.846. The highest BCUT2D eigenvalue weighted by Crippen LogP contribution is 2.21. The monoisotopic (exact) mass is 270 g/mol. The number of nitrogens with zero attached hydrogens (tertiary/aromatic N) is 1. The normalized spacial score (nSPS) is 10.4. The van der Waals surface area contributed by atoms with Gasteiger partial charge in [-0.2, -0.15) is 0 Å². The van der Waals surface area contributed by atoms with Gasteiger partial charge >= 0.3 is 0 Å². The molecule has 2 rings (SSSR count). The Kier molecular flexibility index (Phi) is 4.09. The maximum atomic E-state index is 5.81. The molecule has 1 aromatic heterocycles. The highest BCUT2D eigenvalue weighted by atomic mass is 35.5. The lowest BCUT2D eigenvalue weighted by Gasteiger charge is -2.04. The van der Waals surface area contributed by atoms with Crippen molar-refractivity contribution in [2.24, 2.45) is 0 Å². The van der Waals surface area contributed by atoms with Crippen LogP contribution in [0.2, 0.25) is 4.34 Å². The van der Waals surface area contributed by atoms with Crippen LogP contribution in [0.1, 0.15) is 5.01 Å². The van der Waals surface area contributed by atoms with Gasteiger partial charge in [0.05, 0.1) is 12.7 Å². The highest BCUT2D eigenvalue weighted by Gasteiger charge is 1.99. The van der Waals surface area contributed by atoms with Gasteiger partial charge in [-0.15, -0.1) is 23.1 Å². The van der Waals surface area contributed by atoms with Crippen molar-refractivity contribution >= 4 is 40.4 Å². The molecule has 0 saturated heterocycles. The third kappa shape index (κ3) is 3.14. The Balaban J connectivity index is 1.94. The molecule has 84 valence electrons. The number of benzene rings is 1. The largest absolute Gasteiger partial charge is 0.379 e. The fourth-order valence-electron chi connectivity index (χ4n) is 1.26. The minimum atomic E-state index is 0.718. The molecule has 0 aliphatic carbocycles. The molecule has 2 aromatic rings. The van der Waals surface area contributed by atoms with Crippen LogP contribution in [0.15, 0.2) is 35.4 Å². The summed E-state index contributed by atoms with van der Waals surface area (Å²) in [6, 6.07) is 8.34. The van der Waals surface area contributed by atoms with Gasteiger partial charge in [0.2, 0.25) is 0 Å². The van der Waals surface area contributed by atoms with Crippen LogP contribution in [-0.2, 0) is 6.54 Å². The predicted molar refractivity (Wildman–Crippen MR) is 72.7 cm³/mol. The SMILES string of the molecule is CSc1ccc(NCc2ncc(Cl)s2)cc1. The highest BCUT2D eigenvalue weighted by molar-refractivity contribution is 7.98. The number of rotatable bonds is 4. The van der Waals surface area contributed by atoms with Crippen LogP contribution in [0.4, 0.5) is 5.69 Å². The van der Waals surface area contributed by atoms with E-state index in [0.29, 0.717) is 0 Å². The van der Waals surface area contributed by atoms with Gasteiger partial charge in [-0.25, -0.2) is 4.98 Å². The standard InChI is InChI=1S/C11H11ClN2S2/c1-15-9-4-2-8(3-5-9)13-7-11-14-6-10(12)16-11/h2-6,13H,7H2,1H3. The molecule has 0 unspecified atom stereocenters. The second-order valence-corrected chi connectivity index (χ2v) is 5.77. The molecule has 0 aliphatic rings. The van der Waals surface area contributed by atoms with Crippen molar-refractivity contribution < 1.29 is 0 Å². The molecular formula is C11H11ClN2S2. The van der Waals surface area contributed by atoms with Crippen molar-refractivity contribution in [1.82, 2.24) is 4.98 Å². The molecule has 0 saturated carbocycles. The van der Waals surface area contributed by atoms with Crippen molar-refractivity contribution in [3.63, 3.8) is 0 Å². The van der Waals surface area contributed by atoms with Crippen LogP contribution in [0, 0.1) is 0 Å². The van der Waals surface area contributed by atoms with E-state index in [9.17, 15) is 0 Å². The molecule has 0 bridgehead atoms. The predicted octanol–water partition coefficient (Wildman–Crippen LogP) is 4.13. The van der Waals surface area contributed by atoms with E-state index in [0.717, 1.165) is 21.6 Å². The second kappa shape index (κ2) is 5.57. The van der Waals surface area contributed by atoms with Crippen LogP contribution in [-0.4, -0.2) is 11.2 Å². The molecule has 0 aliphatic heterocycles.